The maximum atomic E-state index is 5.43. The summed E-state index contributed by atoms with van der Waals surface area (Å²) in [5.41, 5.74) is 1.04. The van der Waals surface area contributed by atoms with E-state index in [4.69, 9.17) is 8.83 Å². The molecule has 17 heavy (non-hydrogen) atoms. The number of aromatic nitrogens is 2. The highest BCUT2D eigenvalue weighted by atomic mass is 16.4. The van der Waals surface area contributed by atoms with Gasteiger partial charge >= 0.3 is 6.01 Å². The summed E-state index contributed by atoms with van der Waals surface area (Å²) in [7, 11) is 0. The standard InChI is InChI=1S/C11H14N4O2/c1-2-9(1)12-6-10-14-15-11(17-10)13-5-8-3-4-16-7-8/h3-4,7,9,12H,1-2,5-6H2,(H,13,15). The van der Waals surface area contributed by atoms with Crippen molar-refractivity contribution in [1.82, 2.24) is 15.5 Å². The van der Waals surface area contributed by atoms with Crippen LogP contribution in [0.5, 0.6) is 0 Å². The molecule has 2 aromatic rings. The Hall–Kier alpha value is -1.82. The second-order valence-corrected chi connectivity index (χ2v) is 4.14. The fourth-order valence-corrected chi connectivity index (χ4v) is 1.49. The zero-order valence-electron chi connectivity index (χ0n) is 9.35. The quantitative estimate of drug-likeness (QED) is 0.789. The van der Waals surface area contributed by atoms with Crippen LogP contribution in [0.4, 0.5) is 6.01 Å². The van der Waals surface area contributed by atoms with Crippen LogP contribution in [0, 0.1) is 0 Å². The van der Waals surface area contributed by atoms with Gasteiger partial charge in [0.2, 0.25) is 5.89 Å². The molecule has 0 aromatic carbocycles. The first-order chi connectivity index (χ1) is 8.40. The summed E-state index contributed by atoms with van der Waals surface area (Å²) in [6.07, 6.45) is 5.81. The van der Waals surface area contributed by atoms with E-state index in [1.165, 1.54) is 12.8 Å². The molecule has 0 radical (unpaired) electrons. The molecule has 0 spiro atoms. The summed E-state index contributed by atoms with van der Waals surface area (Å²) in [5, 5.41) is 14.2. The lowest BCUT2D eigenvalue weighted by Crippen LogP contribution is -2.15. The van der Waals surface area contributed by atoms with Crippen LogP contribution in [-0.4, -0.2) is 16.2 Å². The highest BCUT2D eigenvalue weighted by Crippen LogP contribution is 2.19. The molecule has 2 aromatic heterocycles. The maximum Gasteiger partial charge on any atom is 0.315 e. The minimum Gasteiger partial charge on any atom is -0.472 e. The number of nitrogens with one attached hydrogen (secondary N) is 2. The summed E-state index contributed by atoms with van der Waals surface area (Å²) in [6.45, 7) is 1.26. The highest BCUT2D eigenvalue weighted by molar-refractivity contribution is 5.20. The van der Waals surface area contributed by atoms with Gasteiger partial charge in [-0.2, -0.15) is 0 Å². The predicted molar refractivity (Wildman–Crippen MR) is 60.2 cm³/mol. The van der Waals surface area contributed by atoms with E-state index in [1.54, 1.807) is 12.5 Å². The van der Waals surface area contributed by atoms with Crippen molar-refractivity contribution in [3.63, 3.8) is 0 Å². The van der Waals surface area contributed by atoms with Gasteiger partial charge in [0.15, 0.2) is 0 Å². The number of furan rings is 1. The van der Waals surface area contributed by atoms with E-state index in [2.05, 4.69) is 20.8 Å². The molecule has 1 saturated carbocycles. The van der Waals surface area contributed by atoms with Crippen LogP contribution in [0.3, 0.4) is 0 Å². The molecular weight excluding hydrogens is 220 g/mol. The number of rotatable bonds is 6. The molecule has 1 aliphatic carbocycles. The predicted octanol–water partition coefficient (Wildman–Crippen LogP) is 1.53. The van der Waals surface area contributed by atoms with Crippen LogP contribution >= 0.6 is 0 Å². The van der Waals surface area contributed by atoms with Crippen LogP contribution in [0.1, 0.15) is 24.3 Å². The molecule has 0 aliphatic heterocycles. The molecule has 6 nitrogen and oxygen atoms in total. The van der Waals surface area contributed by atoms with Crippen molar-refractivity contribution in [3.05, 3.63) is 30.0 Å². The molecule has 2 N–H and O–H groups in total. The lowest BCUT2D eigenvalue weighted by molar-refractivity contribution is 0.475. The first-order valence-corrected chi connectivity index (χ1v) is 5.71. The Kier molecular flexibility index (Phi) is 2.79. The number of anilines is 1. The highest BCUT2D eigenvalue weighted by Gasteiger charge is 2.21. The fourth-order valence-electron chi connectivity index (χ4n) is 1.49. The maximum absolute atomic E-state index is 5.43. The van der Waals surface area contributed by atoms with E-state index >= 15 is 0 Å². The summed E-state index contributed by atoms with van der Waals surface area (Å²) in [4.78, 5) is 0. The van der Waals surface area contributed by atoms with Gasteiger partial charge in [0.05, 0.1) is 19.1 Å². The third kappa shape index (κ3) is 2.85. The van der Waals surface area contributed by atoms with E-state index in [1.807, 2.05) is 6.07 Å². The van der Waals surface area contributed by atoms with E-state index in [0.717, 1.165) is 5.56 Å². The zero-order chi connectivity index (χ0) is 11.5. The molecule has 3 rings (SSSR count). The monoisotopic (exact) mass is 234 g/mol. The number of nitrogens with zero attached hydrogens (tertiary/aromatic N) is 2. The van der Waals surface area contributed by atoms with E-state index in [9.17, 15) is 0 Å². The molecule has 2 heterocycles. The van der Waals surface area contributed by atoms with E-state index in [-0.39, 0.29) is 0 Å². The Labute approximate surface area is 98.4 Å². The van der Waals surface area contributed by atoms with E-state index in [0.29, 0.717) is 31.0 Å². The van der Waals surface area contributed by atoms with Crippen molar-refractivity contribution < 1.29 is 8.83 Å². The van der Waals surface area contributed by atoms with Crippen molar-refractivity contribution in [2.24, 2.45) is 0 Å². The van der Waals surface area contributed by atoms with Crippen molar-refractivity contribution >= 4 is 6.01 Å². The Morgan fingerprint density at radius 2 is 2.24 bits per heavy atom. The van der Waals surface area contributed by atoms with Gasteiger partial charge in [0.25, 0.3) is 0 Å². The largest absolute Gasteiger partial charge is 0.472 e. The lowest BCUT2D eigenvalue weighted by atomic mass is 10.3. The summed E-state index contributed by atoms with van der Waals surface area (Å²) in [5.74, 6) is 0.617. The van der Waals surface area contributed by atoms with Crippen LogP contribution < -0.4 is 10.6 Å². The lowest BCUT2D eigenvalue weighted by Gasteiger charge is -1.97. The van der Waals surface area contributed by atoms with Gasteiger partial charge in [0, 0.05) is 18.2 Å². The van der Waals surface area contributed by atoms with Crippen molar-refractivity contribution in [3.8, 4) is 0 Å². The summed E-state index contributed by atoms with van der Waals surface area (Å²) in [6, 6.07) is 2.97. The van der Waals surface area contributed by atoms with Gasteiger partial charge in [0.1, 0.15) is 0 Å². The normalized spacial score (nSPS) is 15.1. The fraction of sp³-hybridized carbons (Fsp3) is 0.455. The van der Waals surface area contributed by atoms with Gasteiger partial charge in [-0.25, -0.2) is 0 Å². The molecule has 0 unspecified atom stereocenters. The number of hydrogen-bond acceptors (Lipinski definition) is 6. The Balaban J connectivity index is 1.49. The van der Waals surface area contributed by atoms with Crippen molar-refractivity contribution in [2.45, 2.75) is 32.0 Å². The Bertz CT molecular complexity index is 462. The van der Waals surface area contributed by atoms with Crippen molar-refractivity contribution in [1.29, 1.82) is 0 Å². The third-order valence-electron chi connectivity index (χ3n) is 2.61. The molecular formula is C11H14N4O2. The molecule has 0 bridgehead atoms. The van der Waals surface area contributed by atoms with Gasteiger partial charge in [-0.15, -0.1) is 5.10 Å². The van der Waals surface area contributed by atoms with Crippen LogP contribution in [0.2, 0.25) is 0 Å². The van der Waals surface area contributed by atoms with Crippen LogP contribution in [0.25, 0.3) is 0 Å². The number of hydrogen-bond donors (Lipinski definition) is 2. The van der Waals surface area contributed by atoms with Gasteiger partial charge in [-0.05, 0) is 18.9 Å². The second kappa shape index (κ2) is 4.58. The first-order valence-electron chi connectivity index (χ1n) is 5.71. The average Bonchev–Trinajstić information content (AvgIpc) is 2.86. The molecule has 90 valence electrons. The average molecular weight is 234 g/mol. The molecule has 1 aliphatic rings. The van der Waals surface area contributed by atoms with Crippen LogP contribution in [-0.2, 0) is 13.1 Å². The smallest absolute Gasteiger partial charge is 0.315 e. The van der Waals surface area contributed by atoms with Crippen molar-refractivity contribution in [2.75, 3.05) is 5.32 Å². The summed E-state index contributed by atoms with van der Waals surface area (Å²) >= 11 is 0. The SMILES string of the molecule is c1cc(CNc2nnc(CNC3CC3)o2)co1. The minimum atomic E-state index is 0.443. The molecule has 6 heteroatoms. The third-order valence-corrected chi connectivity index (χ3v) is 2.61. The summed E-state index contributed by atoms with van der Waals surface area (Å²) < 4.78 is 10.4. The Morgan fingerprint density at radius 1 is 1.29 bits per heavy atom. The molecule has 0 amide bonds. The van der Waals surface area contributed by atoms with Gasteiger partial charge in [-0.1, -0.05) is 5.10 Å². The van der Waals surface area contributed by atoms with E-state index < -0.39 is 0 Å². The minimum absolute atomic E-state index is 0.443. The topological polar surface area (TPSA) is 76.1 Å². The molecule has 0 atom stereocenters. The first kappa shape index (κ1) is 10.3. The van der Waals surface area contributed by atoms with Gasteiger partial charge in [-0.3, -0.25) is 0 Å². The molecule has 1 fully saturated rings. The second-order valence-electron chi connectivity index (χ2n) is 4.14. The Morgan fingerprint density at radius 3 is 3.00 bits per heavy atom. The zero-order valence-corrected chi connectivity index (χ0v) is 9.35. The van der Waals surface area contributed by atoms with Crippen LogP contribution in [0.15, 0.2) is 27.4 Å². The molecule has 0 saturated heterocycles. The van der Waals surface area contributed by atoms with Gasteiger partial charge < -0.3 is 19.5 Å².